The van der Waals surface area contributed by atoms with Gasteiger partial charge >= 0.3 is 0 Å². The molecule has 0 saturated carbocycles. The molecular weight excluding hydrogens is 302 g/mol. The summed E-state index contributed by atoms with van der Waals surface area (Å²) in [5.41, 5.74) is 1.17. The Bertz CT molecular complexity index is 677. The molecule has 3 unspecified atom stereocenters. The first kappa shape index (κ1) is 15.9. The van der Waals surface area contributed by atoms with Gasteiger partial charge in [0, 0.05) is 5.56 Å². The van der Waals surface area contributed by atoms with E-state index in [1.54, 1.807) is 37.4 Å². The van der Waals surface area contributed by atoms with Crippen LogP contribution in [0.4, 0.5) is 0 Å². The Hall–Kier alpha value is -2.00. The Morgan fingerprint density at radius 2 is 2.04 bits per heavy atom. The van der Waals surface area contributed by atoms with E-state index in [-0.39, 0.29) is 12.4 Å². The number of aliphatic hydroxyl groups excluding tert-OH is 3. The molecule has 0 bridgehead atoms. The van der Waals surface area contributed by atoms with Gasteiger partial charge in [-0.2, -0.15) is 0 Å². The summed E-state index contributed by atoms with van der Waals surface area (Å²) in [6, 6.07) is 5.77. The van der Waals surface area contributed by atoms with Crippen molar-refractivity contribution in [3.8, 4) is 17.0 Å². The van der Waals surface area contributed by atoms with E-state index in [4.69, 9.17) is 4.74 Å². The second-order valence-corrected chi connectivity index (χ2v) is 5.67. The molecule has 2 heterocycles. The molecule has 1 fully saturated rings. The number of benzene rings is 1. The van der Waals surface area contributed by atoms with Crippen molar-refractivity contribution < 1.29 is 25.2 Å². The van der Waals surface area contributed by atoms with Crippen molar-refractivity contribution >= 4 is 0 Å². The molecule has 1 aliphatic heterocycles. The van der Waals surface area contributed by atoms with Crippen LogP contribution in [0.5, 0.6) is 5.75 Å². The minimum atomic E-state index is -1.12. The molecule has 4 N–H and O–H groups in total. The highest BCUT2D eigenvalue weighted by Crippen LogP contribution is 2.30. The van der Waals surface area contributed by atoms with Crippen molar-refractivity contribution in [2.45, 2.75) is 37.4 Å². The molecule has 0 radical (unpaired) electrons. The van der Waals surface area contributed by atoms with Crippen molar-refractivity contribution in [2.75, 3.05) is 6.61 Å². The second kappa shape index (κ2) is 6.25. The first-order chi connectivity index (χ1) is 11.0. The van der Waals surface area contributed by atoms with E-state index < -0.39 is 30.5 Å². The number of aromatic nitrogens is 3. The molecule has 1 aromatic carbocycles. The Labute approximate surface area is 132 Å². The summed E-state index contributed by atoms with van der Waals surface area (Å²) in [5.74, 6) is 0.108. The van der Waals surface area contributed by atoms with Gasteiger partial charge < -0.3 is 25.2 Å². The number of nitrogens with zero attached hydrogens (tertiary/aromatic N) is 3. The number of hydrogen-bond acceptors (Lipinski definition) is 7. The quantitative estimate of drug-likeness (QED) is 0.612. The molecule has 1 aromatic heterocycles. The van der Waals surface area contributed by atoms with Gasteiger partial charge in [-0.05, 0) is 19.1 Å². The van der Waals surface area contributed by atoms with Crippen LogP contribution in [0, 0.1) is 0 Å². The van der Waals surface area contributed by atoms with Gasteiger partial charge in [0.1, 0.15) is 35.8 Å². The molecule has 1 aliphatic rings. The Kier molecular flexibility index (Phi) is 4.31. The van der Waals surface area contributed by atoms with Crippen molar-refractivity contribution in [1.82, 2.24) is 15.0 Å². The lowest BCUT2D eigenvalue weighted by Crippen LogP contribution is -2.55. The fourth-order valence-corrected chi connectivity index (χ4v) is 2.82. The number of hydrogen-bond donors (Lipinski definition) is 4. The first-order valence-electron chi connectivity index (χ1n) is 7.35. The smallest absolute Gasteiger partial charge is 0.116 e. The van der Waals surface area contributed by atoms with Gasteiger partial charge in [-0.25, -0.2) is 4.68 Å². The molecule has 0 amide bonds. The predicted molar refractivity (Wildman–Crippen MR) is 79.6 cm³/mol. The van der Waals surface area contributed by atoms with E-state index in [0.717, 1.165) is 0 Å². The maximum Gasteiger partial charge on any atom is 0.116 e. The normalized spacial score (nSPS) is 31.2. The number of ether oxygens (including phenoxy) is 1. The fourth-order valence-electron chi connectivity index (χ4n) is 2.82. The van der Waals surface area contributed by atoms with Crippen molar-refractivity contribution in [2.24, 2.45) is 0 Å². The van der Waals surface area contributed by atoms with E-state index in [1.807, 2.05) is 0 Å². The van der Waals surface area contributed by atoms with Crippen molar-refractivity contribution in [1.29, 1.82) is 0 Å². The van der Waals surface area contributed by atoms with Crippen LogP contribution in [0.2, 0.25) is 0 Å². The molecule has 8 heteroatoms. The Balaban J connectivity index is 1.92. The fraction of sp³-hybridized carbons (Fsp3) is 0.467. The number of rotatable bonds is 3. The summed E-state index contributed by atoms with van der Waals surface area (Å²) in [7, 11) is 0. The summed E-state index contributed by atoms with van der Waals surface area (Å²) in [4.78, 5) is 0. The number of aromatic hydroxyl groups is 1. The molecule has 3 rings (SSSR count). The van der Waals surface area contributed by atoms with Gasteiger partial charge in [0.25, 0.3) is 0 Å². The molecule has 23 heavy (non-hydrogen) atoms. The summed E-state index contributed by atoms with van der Waals surface area (Å²) in [5, 5.41) is 47.5. The number of phenols is 1. The maximum atomic E-state index is 10.3. The predicted octanol–water partition coefficient (Wildman–Crippen LogP) is -0.307. The lowest BCUT2D eigenvalue weighted by atomic mass is 9.93. The summed E-state index contributed by atoms with van der Waals surface area (Å²) in [6.07, 6.45) is -1.89. The largest absolute Gasteiger partial charge is 0.508 e. The average molecular weight is 321 g/mol. The summed E-state index contributed by atoms with van der Waals surface area (Å²) in [6.45, 7) is 1.31. The van der Waals surface area contributed by atoms with Crippen LogP contribution in [0.1, 0.15) is 13.0 Å². The van der Waals surface area contributed by atoms with Gasteiger partial charge in [0.15, 0.2) is 0 Å². The standard InChI is InChI=1S/C15H19N3O5/c1-8-14(21)13(15(22)12(7-19)23-8)18-6-11(16-17-18)9-3-2-4-10(20)5-9/h2-6,8,12-15,19-22H,7H2,1H3/t8-,12?,13?,14?,15-/m0/s1. The topological polar surface area (TPSA) is 121 Å². The Morgan fingerprint density at radius 1 is 1.26 bits per heavy atom. The molecule has 0 spiro atoms. The summed E-state index contributed by atoms with van der Waals surface area (Å²) >= 11 is 0. The van der Waals surface area contributed by atoms with E-state index in [9.17, 15) is 20.4 Å². The number of phenolic OH excluding ortho intramolecular Hbond substituents is 1. The molecule has 2 aromatic rings. The third kappa shape index (κ3) is 2.93. The van der Waals surface area contributed by atoms with Gasteiger partial charge in [-0.15, -0.1) is 5.10 Å². The minimum absolute atomic E-state index is 0.108. The molecule has 1 saturated heterocycles. The van der Waals surface area contributed by atoms with E-state index in [0.29, 0.717) is 11.3 Å². The monoisotopic (exact) mass is 321 g/mol. The van der Waals surface area contributed by atoms with Gasteiger partial charge in [0.05, 0.1) is 18.9 Å². The zero-order valence-corrected chi connectivity index (χ0v) is 12.5. The molecule has 0 aliphatic carbocycles. The van der Waals surface area contributed by atoms with E-state index >= 15 is 0 Å². The van der Waals surface area contributed by atoms with Crippen LogP contribution in [0.3, 0.4) is 0 Å². The van der Waals surface area contributed by atoms with Crippen LogP contribution in [0.25, 0.3) is 11.3 Å². The highest BCUT2D eigenvalue weighted by molar-refractivity contribution is 5.59. The molecule has 8 nitrogen and oxygen atoms in total. The molecule has 124 valence electrons. The number of aliphatic hydroxyl groups is 3. The highest BCUT2D eigenvalue weighted by atomic mass is 16.5. The molecule has 5 atom stereocenters. The SMILES string of the molecule is C[C@@H]1OC(CO)[C@H](O)C(n2cc(-c3cccc(O)c3)nn2)C1O. The summed E-state index contributed by atoms with van der Waals surface area (Å²) < 4.78 is 6.75. The van der Waals surface area contributed by atoms with E-state index in [1.165, 1.54) is 4.68 Å². The first-order valence-corrected chi connectivity index (χ1v) is 7.35. The third-order valence-electron chi connectivity index (χ3n) is 4.09. The van der Waals surface area contributed by atoms with Crippen LogP contribution in [-0.2, 0) is 4.74 Å². The second-order valence-electron chi connectivity index (χ2n) is 5.67. The van der Waals surface area contributed by atoms with Crippen LogP contribution in [-0.4, -0.2) is 66.4 Å². The minimum Gasteiger partial charge on any atom is -0.508 e. The Morgan fingerprint density at radius 3 is 2.74 bits per heavy atom. The third-order valence-corrected chi connectivity index (χ3v) is 4.09. The average Bonchev–Trinajstić information content (AvgIpc) is 3.01. The van der Waals surface area contributed by atoms with Gasteiger partial charge in [0.2, 0.25) is 0 Å². The van der Waals surface area contributed by atoms with Crippen LogP contribution < -0.4 is 0 Å². The van der Waals surface area contributed by atoms with Crippen LogP contribution in [0.15, 0.2) is 30.5 Å². The molecular formula is C15H19N3O5. The van der Waals surface area contributed by atoms with Crippen molar-refractivity contribution in [3.05, 3.63) is 30.5 Å². The van der Waals surface area contributed by atoms with Crippen molar-refractivity contribution in [3.63, 3.8) is 0 Å². The highest BCUT2D eigenvalue weighted by Gasteiger charge is 2.44. The zero-order chi connectivity index (χ0) is 16.6. The maximum absolute atomic E-state index is 10.3. The van der Waals surface area contributed by atoms with Gasteiger partial charge in [-0.1, -0.05) is 17.3 Å². The lowest BCUT2D eigenvalue weighted by molar-refractivity contribution is -0.199. The van der Waals surface area contributed by atoms with Crippen LogP contribution >= 0.6 is 0 Å². The van der Waals surface area contributed by atoms with E-state index in [2.05, 4.69) is 10.3 Å². The zero-order valence-electron chi connectivity index (χ0n) is 12.5. The lowest BCUT2D eigenvalue weighted by Gasteiger charge is -2.40. The van der Waals surface area contributed by atoms with Gasteiger partial charge in [-0.3, -0.25) is 0 Å².